The van der Waals surface area contributed by atoms with Crippen LogP contribution in [0.5, 0.6) is 5.75 Å². The number of benzene rings is 1. The molecular weight excluding hydrogens is 327 g/mol. The maximum absolute atomic E-state index is 14.9. The van der Waals surface area contributed by atoms with Gasteiger partial charge in [-0.2, -0.15) is 0 Å². The standard InChI is InChI=1S/C18H19FN2O4/c1-25-16-13(18(20)5-2-6-18)12(19)7-10-14(16)21(9-3-4-9)8-11(15(10)22)17(23)24/h7-9H,2-6,20H2,1H3,(H,23,24). The molecule has 0 aliphatic heterocycles. The van der Waals surface area contributed by atoms with Gasteiger partial charge in [0.05, 0.1) is 23.6 Å². The molecule has 0 saturated heterocycles. The number of carboxylic acids is 1. The highest BCUT2D eigenvalue weighted by Gasteiger charge is 2.41. The number of halogens is 1. The Bertz CT molecular complexity index is 958. The zero-order valence-electron chi connectivity index (χ0n) is 13.8. The number of rotatable bonds is 4. The molecule has 0 radical (unpaired) electrons. The third-order valence-electron chi connectivity index (χ3n) is 5.34. The van der Waals surface area contributed by atoms with E-state index in [-0.39, 0.29) is 28.3 Å². The second kappa shape index (κ2) is 5.29. The third-order valence-corrected chi connectivity index (χ3v) is 5.34. The minimum atomic E-state index is -1.32. The molecule has 7 heteroatoms. The number of carboxylic acid groups (broad SMARTS) is 1. The quantitative estimate of drug-likeness (QED) is 0.887. The number of hydrogen-bond acceptors (Lipinski definition) is 4. The summed E-state index contributed by atoms with van der Waals surface area (Å²) in [6, 6.07) is 1.21. The monoisotopic (exact) mass is 346 g/mol. The van der Waals surface area contributed by atoms with Crippen LogP contribution in [0.3, 0.4) is 0 Å². The van der Waals surface area contributed by atoms with E-state index in [9.17, 15) is 19.1 Å². The first kappa shape index (κ1) is 16.1. The minimum absolute atomic E-state index is 0.0211. The normalized spacial score (nSPS) is 18.8. The van der Waals surface area contributed by atoms with Gasteiger partial charge >= 0.3 is 5.97 Å². The van der Waals surface area contributed by atoms with E-state index in [0.29, 0.717) is 18.4 Å². The first-order valence-electron chi connectivity index (χ1n) is 8.35. The van der Waals surface area contributed by atoms with Crippen molar-refractivity contribution in [1.82, 2.24) is 4.57 Å². The number of nitrogens with two attached hydrogens (primary N) is 1. The van der Waals surface area contributed by atoms with E-state index >= 15 is 0 Å². The lowest BCUT2D eigenvalue weighted by molar-refractivity contribution is 0.0694. The highest BCUT2D eigenvalue weighted by molar-refractivity contribution is 5.95. The highest BCUT2D eigenvalue weighted by atomic mass is 19.1. The van der Waals surface area contributed by atoms with Crippen molar-refractivity contribution in [1.29, 1.82) is 0 Å². The smallest absolute Gasteiger partial charge is 0.341 e. The number of aromatic carboxylic acids is 1. The molecule has 6 nitrogen and oxygen atoms in total. The first-order valence-corrected chi connectivity index (χ1v) is 8.35. The van der Waals surface area contributed by atoms with Crippen molar-refractivity contribution < 1.29 is 19.0 Å². The molecule has 3 N–H and O–H groups in total. The molecule has 2 aromatic rings. The largest absolute Gasteiger partial charge is 0.494 e. The van der Waals surface area contributed by atoms with Gasteiger partial charge in [0.25, 0.3) is 0 Å². The lowest BCUT2D eigenvalue weighted by Gasteiger charge is -2.39. The Kier molecular flexibility index (Phi) is 3.40. The van der Waals surface area contributed by atoms with Crippen LogP contribution in [-0.2, 0) is 5.54 Å². The number of aromatic nitrogens is 1. The SMILES string of the molecule is COc1c(C2(N)CCC2)c(F)cc2c(=O)c(C(=O)O)cn(C3CC3)c12. The van der Waals surface area contributed by atoms with E-state index in [1.165, 1.54) is 13.3 Å². The van der Waals surface area contributed by atoms with Gasteiger partial charge < -0.3 is 20.1 Å². The summed E-state index contributed by atoms with van der Waals surface area (Å²) in [4.78, 5) is 24.0. The van der Waals surface area contributed by atoms with Crippen LogP contribution in [-0.4, -0.2) is 22.8 Å². The molecule has 1 heterocycles. The number of methoxy groups -OCH3 is 1. The van der Waals surface area contributed by atoms with E-state index in [4.69, 9.17) is 10.5 Å². The lowest BCUT2D eigenvalue weighted by atomic mass is 9.72. The molecule has 0 bridgehead atoms. The van der Waals surface area contributed by atoms with Gasteiger partial charge in [-0.1, -0.05) is 0 Å². The van der Waals surface area contributed by atoms with Gasteiger partial charge in [-0.25, -0.2) is 9.18 Å². The van der Waals surface area contributed by atoms with E-state index in [1.807, 2.05) is 0 Å². The van der Waals surface area contributed by atoms with Crippen LogP contribution in [0.1, 0.15) is 54.1 Å². The van der Waals surface area contributed by atoms with Gasteiger partial charge in [-0.3, -0.25) is 4.79 Å². The van der Waals surface area contributed by atoms with E-state index in [1.54, 1.807) is 4.57 Å². The maximum atomic E-state index is 14.9. The molecule has 4 rings (SSSR count). The molecule has 2 aliphatic carbocycles. The van der Waals surface area contributed by atoms with Crippen molar-refractivity contribution in [3.8, 4) is 5.75 Å². The zero-order valence-corrected chi connectivity index (χ0v) is 13.8. The van der Waals surface area contributed by atoms with Crippen molar-refractivity contribution in [3.63, 3.8) is 0 Å². The number of ether oxygens (including phenoxy) is 1. The van der Waals surface area contributed by atoms with Crippen molar-refractivity contribution in [2.75, 3.05) is 7.11 Å². The Labute approximate surface area is 143 Å². The van der Waals surface area contributed by atoms with E-state index in [2.05, 4.69) is 0 Å². The molecule has 1 aromatic heterocycles. The Morgan fingerprint density at radius 2 is 2.12 bits per heavy atom. The van der Waals surface area contributed by atoms with Crippen LogP contribution in [0.25, 0.3) is 10.9 Å². The molecular formula is C18H19FN2O4. The minimum Gasteiger partial charge on any atom is -0.494 e. The fourth-order valence-corrected chi connectivity index (χ4v) is 3.72. The Hall–Kier alpha value is -2.41. The molecule has 0 spiro atoms. The predicted octanol–water partition coefficient (Wildman–Crippen LogP) is 2.52. The van der Waals surface area contributed by atoms with E-state index < -0.39 is 22.8 Å². The highest BCUT2D eigenvalue weighted by Crippen LogP contribution is 2.48. The predicted molar refractivity (Wildman–Crippen MR) is 89.7 cm³/mol. The summed E-state index contributed by atoms with van der Waals surface area (Å²) < 4.78 is 22.1. The number of hydrogen-bond donors (Lipinski definition) is 2. The lowest BCUT2D eigenvalue weighted by Crippen LogP contribution is -2.44. The fourth-order valence-electron chi connectivity index (χ4n) is 3.72. The van der Waals surface area contributed by atoms with Crippen LogP contribution in [0.2, 0.25) is 0 Å². The molecule has 25 heavy (non-hydrogen) atoms. The average Bonchev–Trinajstić information content (AvgIpc) is 3.37. The third kappa shape index (κ3) is 2.26. The summed E-state index contributed by atoms with van der Waals surface area (Å²) >= 11 is 0. The van der Waals surface area contributed by atoms with Gasteiger partial charge in [0.1, 0.15) is 11.4 Å². The van der Waals surface area contributed by atoms with Crippen LogP contribution >= 0.6 is 0 Å². The van der Waals surface area contributed by atoms with Crippen molar-refractivity contribution in [2.45, 2.75) is 43.7 Å². The number of fused-ring (bicyclic) bond motifs is 1. The number of carbonyl (C=O) groups is 1. The number of pyridine rings is 1. The second-order valence-corrected chi connectivity index (χ2v) is 6.99. The summed E-state index contributed by atoms with van der Waals surface area (Å²) in [5.41, 5.74) is 5.20. The topological polar surface area (TPSA) is 94.6 Å². The Balaban J connectivity index is 2.14. The molecule has 2 aliphatic rings. The van der Waals surface area contributed by atoms with Crippen LogP contribution in [0.15, 0.2) is 17.1 Å². The molecule has 0 atom stereocenters. The number of nitrogens with zero attached hydrogens (tertiary/aromatic N) is 1. The molecule has 1 aromatic carbocycles. The molecule has 0 unspecified atom stereocenters. The Morgan fingerprint density at radius 1 is 1.44 bits per heavy atom. The fraction of sp³-hybridized carbons (Fsp3) is 0.444. The molecule has 2 saturated carbocycles. The van der Waals surface area contributed by atoms with Crippen LogP contribution < -0.4 is 15.9 Å². The summed E-state index contributed by atoms with van der Waals surface area (Å²) in [5, 5.41) is 9.34. The van der Waals surface area contributed by atoms with Gasteiger partial charge in [-0.15, -0.1) is 0 Å². The van der Waals surface area contributed by atoms with E-state index in [0.717, 1.165) is 25.3 Å². The van der Waals surface area contributed by atoms with Crippen molar-refractivity contribution >= 4 is 16.9 Å². The average molecular weight is 346 g/mol. The summed E-state index contributed by atoms with van der Waals surface area (Å²) in [6.45, 7) is 0. The molecule has 132 valence electrons. The van der Waals surface area contributed by atoms with Crippen LogP contribution in [0.4, 0.5) is 4.39 Å². The van der Waals surface area contributed by atoms with Gasteiger partial charge in [0, 0.05) is 17.8 Å². The molecule has 2 fully saturated rings. The zero-order chi connectivity index (χ0) is 17.9. The summed E-state index contributed by atoms with van der Waals surface area (Å²) in [7, 11) is 1.42. The first-order chi connectivity index (χ1) is 11.9. The van der Waals surface area contributed by atoms with Crippen LogP contribution in [0, 0.1) is 5.82 Å². The van der Waals surface area contributed by atoms with Gasteiger partial charge in [-0.05, 0) is 38.2 Å². The van der Waals surface area contributed by atoms with Gasteiger partial charge in [0.15, 0.2) is 5.75 Å². The maximum Gasteiger partial charge on any atom is 0.341 e. The summed E-state index contributed by atoms with van der Waals surface area (Å²) in [6.07, 6.45) is 5.30. The van der Waals surface area contributed by atoms with Crippen molar-refractivity contribution in [3.05, 3.63) is 39.4 Å². The molecule has 0 amide bonds. The summed E-state index contributed by atoms with van der Waals surface area (Å²) in [5.74, 6) is -1.69. The van der Waals surface area contributed by atoms with Gasteiger partial charge in [0.2, 0.25) is 5.43 Å². The van der Waals surface area contributed by atoms with Crippen molar-refractivity contribution in [2.24, 2.45) is 5.73 Å². The Morgan fingerprint density at radius 3 is 2.60 bits per heavy atom. The second-order valence-electron chi connectivity index (χ2n) is 6.99.